The van der Waals surface area contributed by atoms with E-state index in [0.717, 1.165) is 12.1 Å². The first-order chi connectivity index (χ1) is 9.78. The van der Waals surface area contributed by atoms with Crippen LogP contribution in [0.5, 0.6) is 0 Å². The fourth-order valence-electron chi connectivity index (χ4n) is 2.32. The zero-order valence-electron chi connectivity index (χ0n) is 11.5. The maximum absolute atomic E-state index is 12.0. The molecule has 2 rings (SSSR count). The lowest BCUT2D eigenvalue weighted by atomic mass is 10.1. The van der Waals surface area contributed by atoms with Crippen molar-refractivity contribution in [3.63, 3.8) is 0 Å². The van der Waals surface area contributed by atoms with Crippen molar-refractivity contribution in [2.75, 3.05) is 26.4 Å². The lowest BCUT2D eigenvalue weighted by Gasteiger charge is -2.24. The number of carbonyl (C=O) groups excluding carboxylic acids is 1. The van der Waals surface area contributed by atoms with E-state index in [1.807, 2.05) is 30.3 Å². The van der Waals surface area contributed by atoms with Gasteiger partial charge in [0.05, 0.1) is 25.9 Å². The molecule has 0 bridgehead atoms. The van der Waals surface area contributed by atoms with Gasteiger partial charge in [0.2, 0.25) is 5.91 Å². The maximum atomic E-state index is 12.0. The van der Waals surface area contributed by atoms with E-state index >= 15 is 0 Å². The van der Waals surface area contributed by atoms with Crippen LogP contribution in [0.4, 0.5) is 0 Å². The second-order valence-electron chi connectivity index (χ2n) is 5.07. The number of ether oxygens (including phenoxy) is 1. The largest absolute Gasteiger partial charge is 0.394 e. The first kappa shape index (κ1) is 15.0. The molecule has 1 unspecified atom stereocenters. The summed E-state index contributed by atoms with van der Waals surface area (Å²) in [5, 5.41) is 15.5. The van der Waals surface area contributed by atoms with Gasteiger partial charge in [0.1, 0.15) is 0 Å². The summed E-state index contributed by atoms with van der Waals surface area (Å²) in [7, 11) is 0. The van der Waals surface area contributed by atoms with Gasteiger partial charge in [-0.2, -0.15) is 0 Å². The molecule has 0 aromatic heterocycles. The molecule has 1 aromatic carbocycles. The quantitative estimate of drug-likeness (QED) is 0.689. The summed E-state index contributed by atoms with van der Waals surface area (Å²) in [4.78, 5) is 12.0. The number of benzene rings is 1. The monoisotopic (exact) mass is 278 g/mol. The second-order valence-corrected chi connectivity index (χ2v) is 5.07. The van der Waals surface area contributed by atoms with Gasteiger partial charge >= 0.3 is 0 Å². The van der Waals surface area contributed by atoms with Gasteiger partial charge in [0.15, 0.2) is 0 Å². The average molecular weight is 278 g/mol. The van der Waals surface area contributed by atoms with Crippen LogP contribution in [0.2, 0.25) is 0 Å². The van der Waals surface area contributed by atoms with Crippen LogP contribution >= 0.6 is 0 Å². The number of hydrogen-bond donors (Lipinski definition) is 3. The van der Waals surface area contributed by atoms with Gasteiger partial charge in [-0.1, -0.05) is 30.3 Å². The lowest BCUT2D eigenvalue weighted by molar-refractivity contribution is -0.123. The van der Waals surface area contributed by atoms with E-state index < -0.39 is 0 Å². The molecule has 1 aromatic rings. The molecule has 5 nitrogen and oxygen atoms in total. The Hall–Kier alpha value is -1.43. The van der Waals surface area contributed by atoms with E-state index in [1.165, 1.54) is 0 Å². The van der Waals surface area contributed by atoms with Crippen molar-refractivity contribution in [3.8, 4) is 0 Å². The molecule has 1 fully saturated rings. The fraction of sp³-hybridized carbons (Fsp3) is 0.533. The molecule has 1 heterocycles. The molecule has 110 valence electrons. The summed E-state index contributed by atoms with van der Waals surface area (Å²) >= 11 is 0. The fourth-order valence-corrected chi connectivity index (χ4v) is 2.32. The minimum absolute atomic E-state index is 0.0528. The summed E-state index contributed by atoms with van der Waals surface area (Å²) in [6.07, 6.45) is 1.02. The third-order valence-corrected chi connectivity index (χ3v) is 3.34. The molecule has 1 aliphatic rings. The van der Waals surface area contributed by atoms with Crippen LogP contribution in [0, 0.1) is 0 Å². The molecule has 1 amide bonds. The molecule has 1 aliphatic heterocycles. The summed E-state index contributed by atoms with van der Waals surface area (Å²) in [6.45, 7) is 1.99. The van der Waals surface area contributed by atoms with E-state index in [9.17, 15) is 9.90 Å². The minimum Gasteiger partial charge on any atom is -0.394 e. The van der Waals surface area contributed by atoms with E-state index in [1.54, 1.807) is 0 Å². The van der Waals surface area contributed by atoms with Gasteiger partial charge < -0.3 is 20.5 Å². The van der Waals surface area contributed by atoms with Crippen LogP contribution < -0.4 is 10.6 Å². The van der Waals surface area contributed by atoms with Crippen molar-refractivity contribution in [2.45, 2.75) is 24.9 Å². The van der Waals surface area contributed by atoms with Crippen molar-refractivity contribution in [1.82, 2.24) is 10.6 Å². The predicted octanol–water partition coefficient (Wildman–Crippen LogP) is 0.0847. The van der Waals surface area contributed by atoms with Crippen LogP contribution in [-0.4, -0.2) is 49.5 Å². The number of carbonyl (C=O) groups is 1. The maximum Gasteiger partial charge on any atom is 0.221 e. The highest BCUT2D eigenvalue weighted by Gasteiger charge is 2.19. The predicted molar refractivity (Wildman–Crippen MR) is 76.4 cm³/mol. The standard InChI is InChI=1S/C15H22N2O3/c18-10-13(8-12-4-2-1-3-5-12)17-15(19)9-14-11-20-7-6-16-14/h1-5,13-14,16,18H,6-11H2,(H,17,19)/t13-,14?/m1/s1. The number of aliphatic hydroxyl groups excluding tert-OH is 1. The smallest absolute Gasteiger partial charge is 0.221 e. The van der Waals surface area contributed by atoms with Crippen molar-refractivity contribution in [2.24, 2.45) is 0 Å². The van der Waals surface area contributed by atoms with E-state index in [0.29, 0.717) is 26.1 Å². The number of amides is 1. The molecule has 2 atom stereocenters. The number of hydrogen-bond acceptors (Lipinski definition) is 4. The van der Waals surface area contributed by atoms with Crippen LogP contribution in [0.1, 0.15) is 12.0 Å². The van der Waals surface area contributed by atoms with Gasteiger partial charge in [0, 0.05) is 19.0 Å². The van der Waals surface area contributed by atoms with Gasteiger partial charge in [0.25, 0.3) is 0 Å². The summed E-state index contributed by atoms with van der Waals surface area (Å²) in [5.41, 5.74) is 1.10. The summed E-state index contributed by atoms with van der Waals surface area (Å²) in [5.74, 6) is -0.0528. The Morgan fingerprint density at radius 1 is 1.45 bits per heavy atom. The molecule has 0 saturated carbocycles. The van der Waals surface area contributed by atoms with Crippen LogP contribution in [0.3, 0.4) is 0 Å². The Labute approximate surface area is 119 Å². The van der Waals surface area contributed by atoms with E-state index in [4.69, 9.17) is 4.74 Å². The highest BCUT2D eigenvalue weighted by atomic mass is 16.5. The topological polar surface area (TPSA) is 70.6 Å². The van der Waals surface area contributed by atoms with Crippen LogP contribution in [0.15, 0.2) is 30.3 Å². The number of aliphatic hydroxyl groups is 1. The first-order valence-electron chi connectivity index (χ1n) is 7.03. The molecule has 0 aliphatic carbocycles. The Morgan fingerprint density at radius 2 is 2.25 bits per heavy atom. The molecular weight excluding hydrogens is 256 g/mol. The molecule has 20 heavy (non-hydrogen) atoms. The second kappa shape index (κ2) is 7.99. The number of nitrogens with one attached hydrogen (secondary N) is 2. The average Bonchev–Trinajstić information content (AvgIpc) is 2.48. The third-order valence-electron chi connectivity index (χ3n) is 3.34. The normalized spacial score (nSPS) is 20.4. The van der Waals surface area contributed by atoms with Gasteiger partial charge in [-0.25, -0.2) is 0 Å². The molecule has 0 radical (unpaired) electrons. The highest BCUT2D eigenvalue weighted by Crippen LogP contribution is 2.04. The van der Waals surface area contributed by atoms with Gasteiger partial charge in [-0.3, -0.25) is 4.79 Å². The summed E-state index contributed by atoms with van der Waals surface area (Å²) < 4.78 is 5.32. The minimum atomic E-state index is -0.241. The third kappa shape index (κ3) is 4.92. The number of rotatable bonds is 6. The molecule has 0 spiro atoms. The Balaban J connectivity index is 1.78. The van der Waals surface area contributed by atoms with Crippen molar-refractivity contribution < 1.29 is 14.6 Å². The molecule has 3 N–H and O–H groups in total. The zero-order valence-corrected chi connectivity index (χ0v) is 11.5. The van der Waals surface area contributed by atoms with E-state index in [2.05, 4.69) is 10.6 Å². The molecular formula is C15H22N2O3. The van der Waals surface area contributed by atoms with Crippen LogP contribution in [0.25, 0.3) is 0 Å². The Bertz CT molecular complexity index is 405. The zero-order chi connectivity index (χ0) is 14.2. The van der Waals surface area contributed by atoms with E-state index in [-0.39, 0.29) is 24.6 Å². The van der Waals surface area contributed by atoms with Crippen molar-refractivity contribution in [3.05, 3.63) is 35.9 Å². The Morgan fingerprint density at radius 3 is 2.90 bits per heavy atom. The Kier molecular flexibility index (Phi) is 5.98. The van der Waals surface area contributed by atoms with Gasteiger partial charge in [-0.05, 0) is 12.0 Å². The lowest BCUT2D eigenvalue weighted by Crippen LogP contribution is -2.46. The highest BCUT2D eigenvalue weighted by molar-refractivity contribution is 5.77. The van der Waals surface area contributed by atoms with Crippen molar-refractivity contribution >= 4 is 5.91 Å². The first-order valence-corrected chi connectivity index (χ1v) is 7.03. The SMILES string of the molecule is O=C(CC1COCCN1)N[C@@H](CO)Cc1ccccc1. The van der Waals surface area contributed by atoms with Crippen molar-refractivity contribution in [1.29, 1.82) is 0 Å². The molecule has 1 saturated heterocycles. The number of morpholine rings is 1. The summed E-state index contributed by atoms with van der Waals surface area (Å²) in [6, 6.07) is 9.67. The molecule has 5 heteroatoms. The van der Waals surface area contributed by atoms with Gasteiger partial charge in [-0.15, -0.1) is 0 Å². The van der Waals surface area contributed by atoms with Crippen LogP contribution in [-0.2, 0) is 16.0 Å².